The Bertz CT molecular complexity index is 1130. The predicted octanol–water partition coefficient (Wildman–Crippen LogP) is 4.07. The predicted molar refractivity (Wildman–Crippen MR) is 117 cm³/mol. The third kappa shape index (κ3) is 4.14. The summed E-state index contributed by atoms with van der Waals surface area (Å²) in [5.74, 6) is -0.296. The summed E-state index contributed by atoms with van der Waals surface area (Å²) in [4.78, 5) is 14.8. The number of fused-ring (bicyclic) bond motifs is 5. The summed E-state index contributed by atoms with van der Waals surface area (Å²) in [5, 5.41) is 2.99. The highest BCUT2D eigenvalue weighted by Gasteiger charge is 2.13. The van der Waals surface area contributed by atoms with Gasteiger partial charge in [-0.15, -0.1) is 0 Å². The highest BCUT2D eigenvalue weighted by molar-refractivity contribution is 5.89. The number of pyridine rings is 1. The monoisotopic (exact) mass is 383 g/mol. The van der Waals surface area contributed by atoms with Crippen LogP contribution in [-0.2, 0) is 17.6 Å². The summed E-state index contributed by atoms with van der Waals surface area (Å²) in [6.07, 6.45) is 12.8. The summed E-state index contributed by atoms with van der Waals surface area (Å²) in [5.41, 5.74) is 6.39. The molecule has 0 amide bonds. The van der Waals surface area contributed by atoms with Crippen molar-refractivity contribution in [2.45, 2.75) is 32.6 Å². The van der Waals surface area contributed by atoms with Crippen LogP contribution in [0.1, 0.15) is 41.3 Å². The number of benzene rings is 2. The van der Waals surface area contributed by atoms with Gasteiger partial charge >= 0.3 is 5.97 Å². The summed E-state index contributed by atoms with van der Waals surface area (Å²) < 4.78 is 4.76. The van der Waals surface area contributed by atoms with E-state index in [-0.39, 0.29) is 5.97 Å². The summed E-state index contributed by atoms with van der Waals surface area (Å²) in [7, 11) is 0. The van der Waals surface area contributed by atoms with Gasteiger partial charge in [0, 0.05) is 12.4 Å². The minimum atomic E-state index is -0.296. The Morgan fingerprint density at radius 3 is 2.59 bits per heavy atom. The molecule has 3 heteroatoms. The first-order chi connectivity index (χ1) is 14.3. The number of carbonyl (C=O) groups excluding carboxylic acids is 1. The normalized spacial score (nSPS) is 13.3. The topological polar surface area (TPSA) is 39.2 Å². The standard InChI is InChI=1S/C18H16.C8H9NO2/c1-3-7-15-13(5-1)9-11-18-16-8-4-2-6-14(16)10-12-17(15)18;1-2-11-8(10)7-3-5-9-6-4-7/h1,3,5,7-8,10-12H,2,4,6,9H2;3-6H,2H2,1H3. The fourth-order valence-corrected chi connectivity index (χ4v) is 4.01. The Balaban J connectivity index is 0.000000161. The fraction of sp³-hybridized carbons (Fsp3) is 0.231. The Hall–Kier alpha value is -3.20. The molecule has 1 aromatic heterocycles. The third-order valence-electron chi connectivity index (χ3n) is 5.40. The van der Waals surface area contributed by atoms with E-state index in [1.807, 2.05) is 0 Å². The van der Waals surface area contributed by atoms with E-state index in [1.165, 1.54) is 52.0 Å². The number of rotatable bonds is 2. The maximum atomic E-state index is 11.0. The maximum Gasteiger partial charge on any atom is 0.338 e. The lowest BCUT2D eigenvalue weighted by atomic mass is 9.87. The molecule has 0 saturated carbocycles. The van der Waals surface area contributed by atoms with Crippen molar-refractivity contribution >= 4 is 18.1 Å². The molecule has 0 atom stereocenters. The Morgan fingerprint density at radius 1 is 0.931 bits per heavy atom. The van der Waals surface area contributed by atoms with Gasteiger partial charge in [-0.3, -0.25) is 4.98 Å². The van der Waals surface area contributed by atoms with Crippen molar-refractivity contribution in [2.24, 2.45) is 0 Å². The zero-order valence-electron chi connectivity index (χ0n) is 16.7. The molecule has 29 heavy (non-hydrogen) atoms. The Labute approximate surface area is 171 Å². The van der Waals surface area contributed by atoms with E-state index < -0.39 is 0 Å². The first-order valence-corrected chi connectivity index (χ1v) is 10.3. The lowest BCUT2D eigenvalue weighted by molar-refractivity contribution is 0.0526. The van der Waals surface area contributed by atoms with Gasteiger partial charge in [-0.05, 0) is 77.4 Å². The number of esters is 1. The van der Waals surface area contributed by atoms with Crippen molar-refractivity contribution in [2.75, 3.05) is 6.61 Å². The van der Waals surface area contributed by atoms with Gasteiger partial charge in [0.15, 0.2) is 0 Å². The van der Waals surface area contributed by atoms with Crippen LogP contribution in [0.15, 0.2) is 60.9 Å². The van der Waals surface area contributed by atoms with Crippen LogP contribution < -0.4 is 10.4 Å². The molecular formula is C26H25NO2. The van der Waals surface area contributed by atoms with E-state index in [2.05, 4.69) is 53.5 Å². The van der Waals surface area contributed by atoms with E-state index in [0.717, 1.165) is 6.42 Å². The number of nitrogens with zero attached hydrogens (tertiary/aromatic N) is 1. The van der Waals surface area contributed by atoms with Gasteiger partial charge in [0.1, 0.15) is 0 Å². The van der Waals surface area contributed by atoms with Crippen molar-refractivity contribution in [3.63, 3.8) is 0 Å². The van der Waals surface area contributed by atoms with Crippen molar-refractivity contribution < 1.29 is 9.53 Å². The summed E-state index contributed by atoms with van der Waals surface area (Å²) in [6.45, 7) is 2.18. The fourth-order valence-electron chi connectivity index (χ4n) is 4.01. The zero-order chi connectivity index (χ0) is 20.1. The molecule has 3 aromatic rings. The number of hydrogen-bond donors (Lipinski definition) is 0. The van der Waals surface area contributed by atoms with E-state index in [1.54, 1.807) is 31.5 Å². The van der Waals surface area contributed by atoms with Gasteiger partial charge in [0.25, 0.3) is 0 Å². The van der Waals surface area contributed by atoms with Crippen molar-refractivity contribution in [1.82, 2.24) is 4.98 Å². The largest absolute Gasteiger partial charge is 0.462 e. The number of aryl methyl sites for hydroxylation is 1. The second kappa shape index (κ2) is 8.87. The minimum Gasteiger partial charge on any atom is -0.462 e. The highest BCUT2D eigenvalue weighted by Crippen LogP contribution is 2.24. The number of carbonyl (C=O) groups is 1. The van der Waals surface area contributed by atoms with Gasteiger partial charge in [-0.2, -0.15) is 0 Å². The van der Waals surface area contributed by atoms with Gasteiger partial charge < -0.3 is 4.74 Å². The van der Waals surface area contributed by atoms with E-state index in [4.69, 9.17) is 4.74 Å². The molecular weight excluding hydrogens is 358 g/mol. The molecule has 0 N–H and O–H groups in total. The van der Waals surface area contributed by atoms with Gasteiger partial charge in [-0.25, -0.2) is 4.79 Å². The molecule has 0 saturated heterocycles. The number of aromatic nitrogens is 1. The number of hydrogen-bond acceptors (Lipinski definition) is 3. The quantitative estimate of drug-likeness (QED) is 0.627. The minimum absolute atomic E-state index is 0.296. The second-order valence-corrected chi connectivity index (χ2v) is 7.22. The summed E-state index contributed by atoms with van der Waals surface area (Å²) >= 11 is 0. The van der Waals surface area contributed by atoms with Crippen LogP contribution in [0.4, 0.5) is 0 Å². The van der Waals surface area contributed by atoms with E-state index >= 15 is 0 Å². The van der Waals surface area contributed by atoms with Crippen molar-refractivity contribution in [3.05, 3.63) is 88.1 Å². The van der Waals surface area contributed by atoms with Crippen LogP contribution in [0.2, 0.25) is 0 Å². The van der Waals surface area contributed by atoms with Crippen LogP contribution in [0, 0.1) is 0 Å². The SMILES string of the molecule is C1=c2c(ccc3c2=CCc2ccccc2-3)CCC1.CCOC(=O)c1ccncc1. The van der Waals surface area contributed by atoms with Crippen LogP contribution in [0.5, 0.6) is 0 Å². The lowest BCUT2D eigenvalue weighted by Gasteiger charge is -2.17. The first kappa shape index (κ1) is 19.1. The van der Waals surface area contributed by atoms with Gasteiger partial charge in [0.2, 0.25) is 0 Å². The molecule has 0 aliphatic heterocycles. The van der Waals surface area contributed by atoms with Crippen LogP contribution in [0.25, 0.3) is 23.3 Å². The zero-order valence-corrected chi connectivity index (χ0v) is 16.7. The molecule has 2 aliphatic rings. The summed E-state index contributed by atoms with van der Waals surface area (Å²) in [6, 6.07) is 16.7. The highest BCUT2D eigenvalue weighted by atomic mass is 16.5. The average Bonchev–Trinajstić information content (AvgIpc) is 2.80. The van der Waals surface area contributed by atoms with Crippen molar-refractivity contribution in [3.8, 4) is 11.1 Å². The molecule has 0 radical (unpaired) electrons. The van der Waals surface area contributed by atoms with Crippen LogP contribution in [0.3, 0.4) is 0 Å². The second-order valence-electron chi connectivity index (χ2n) is 7.22. The molecule has 3 nitrogen and oxygen atoms in total. The Kier molecular flexibility index (Phi) is 5.85. The molecule has 2 aromatic carbocycles. The van der Waals surface area contributed by atoms with Crippen LogP contribution in [-0.4, -0.2) is 17.6 Å². The average molecular weight is 383 g/mol. The molecule has 146 valence electrons. The maximum absolute atomic E-state index is 11.0. The molecule has 1 heterocycles. The van der Waals surface area contributed by atoms with Gasteiger partial charge in [0.05, 0.1) is 12.2 Å². The van der Waals surface area contributed by atoms with Gasteiger partial charge in [-0.1, -0.05) is 48.6 Å². The molecule has 0 fully saturated rings. The smallest absolute Gasteiger partial charge is 0.338 e. The van der Waals surface area contributed by atoms with E-state index in [0.29, 0.717) is 12.2 Å². The van der Waals surface area contributed by atoms with Crippen molar-refractivity contribution in [1.29, 1.82) is 0 Å². The molecule has 5 rings (SSSR count). The third-order valence-corrected chi connectivity index (χ3v) is 5.40. The molecule has 0 bridgehead atoms. The Morgan fingerprint density at radius 2 is 1.76 bits per heavy atom. The first-order valence-electron chi connectivity index (χ1n) is 10.3. The van der Waals surface area contributed by atoms with E-state index in [9.17, 15) is 4.79 Å². The van der Waals surface area contributed by atoms with Crippen LogP contribution >= 0.6 is 0 Å². The molecule has 0 spiro atoms. The lowest BCUT2D eigenvalue weighted by Crippen LogP contribution is -2.33. The number of ether oxygens (including phenoxy) is 1. The molecule has 2 aliphatic carbocycles. The molecule has 0 unspecified atom stereocenters.